The number of hydrogen-bond donors (Lipinski definition) is 1. The lowest BCUT2D eigenvalue weighted by atomic mass is 9.77. The number of rotatable bonds is 7. The molecule has 0 aromatic rings. The van der Waals surface area contributed by atoms with Crippen LogP contribution in [0.5, 0.6) is 0 Å². The molecule has 4 heterocycles. The topological polar surface area (TPSA) is 90.4 Å². The second-order valence-corrected chi connectivity index (χ2v) is 12.7. The number of aliphatic hydroxyl groups is 1. The number of hydrogen-bond acceptors (Lipinski definition) is 5. The highest BCUT2D eigenvalue weighted by Gasteiger charge is 2.72. The van der Waals surface area contributed by atoms with Gasteiger partial charge in [-0.3, -0.25) is 14.4 Å². The molecule has 4 aliphatic rings. The summed E-state index contributed by atoms with van der Waals surface area (Å²) < 4.78 is 6.65. The van der Waals surface area contributed by atoms with E-state index >= 15 is 0 Å². The van der Waals surface area contributed by atoms with Crippen LogP contribution < -0.4 is 0 Å². The van der Waals surface area contributed by atoms with Crippen LogP contribution in [0.3, 0.4) is 0 Å². The Hall–Kier alpha value is -2.19. The molecule has 8 heteroatoms. The average Bonchev–Trinajstić information content (AvgIpc) is 3.08. The Morgan fingerprint density at radius 1 is 1.00 bits per heavy atom. The molecule has 1 unspecified atom stereocenters. The van der Waals surface area contributed by atoms with Gasteiger partial charge in [-0.05, 0) is 44.9 Å². The number of nitrogens with zero attached hydrogens (tertiary/aromatic N) is 3. The molecule has 0 aliphatic carbocycles. The van der Waals surface area contributed by atoms with Crippen molar-refractivity contribution < 1.29 is 24.2 Å². The van der Waals surface area contributed by atoms with Gasteiger partial charge in [-0.1, -0.05) is 45.1 Å². The third-order valence-corrected chi connectivity index (χ3v) is 8.11. The summed E-state index contributed by atoms with van der Waals surface area (Å²) in [6, 6.07) is -0.819. The molecule has 1 N–H and O–H groups in total. The third kappa shape index (κ3) is 4.51. The normalized spacial score (nSPS) is 32.5. The van der Waals surface area contributed by atoms with Crippen LogP contribution in [-0.4, -0.2) is 94.1 Å². The molecule has 36 heavy (non-hydrogen) atoms. The molecule has 1 spiro atoms. The summed E-state index contributed by atoms with van der Waals surface area (Å²) in [5, 5.41) is 9.22. The molecule has 5 atom stereocenters. The Kier molecular flexibility index (Phi) is 7.16. The monoisotopic (exact) mass is 501 g/mol. The molecule has 0 aromatic carbocycles. The van der Waals surface area contributed by atoms with Crippen LogP contribution in [0, 0.1) is 17.3 Å². The fraction of sp³-hybridized carbons (Fsp3) is 0.750. The number of amides is 3. The summed E-state index contributed by atoms with van der Waals surface area (Å²) in [5.41, 5.74) is -1.60. The maximum absolute atomic E-state index is 14.4. The molecule has 2 saturated heterocycles. The number of carbonyl (C=O) groups is 3. The van der Waals surface area contributed by atoms with E-state index in [9.17, 15) is 19.5 Å². The molecule has 0 aromatic heterocycles. The maximum atomic E-state index is 14.4. The summed E-state index contributed by atoms with van der Waals surface area (Å²) in [6.07, 6.45) is 10.0. The van der Waals surface area contributed by atoms with E-state index in [4.69, 9.17) is 4.74 Å². The zero-order chi connectivity index (χ0) is 26.5. The fourth-order valence-electron chi connectivity index (χ4n) is 7.01. The van der Waals surface area contributed by atoms with Crippen molar-refractivity contribution in [2.45, 2.75) is 83.6 Å². The van der Waals surface area contributed by atoms with Crippen LogP contribution in [0.2, 0.25) is 0 Å². The summed E-state index contributed by atoms with van der Waals surface area (Å²) in [7, 11) is 1.74. The van der Waals surface area contributed by atoms with E-state index in [1.54, 1.807) is 16.8 Å². The van der Waals surface area contributed by atoms with E-state index < -0.39 is 35.1 Å². The van der Waals surface area contributed by atoms with Gasteiger partial charge in [0, 0.05) is 38.8 Å². The smallest absolute Gasteiger partial charge is 0.249 e. The van der Waals surface area contributed by atoms with Gasteiger partial charge in [0.05, 0.1) is 17.9 Å². The van der Waals surface area contributed by atoms with E-state index in [1.807, 2.05) is 29.2 Å². The molecular weight excluding hydrogens is 458 g/mol. The van der Waals surface area contributed by atoms with Crippen LogP contribution in [0.4, 0.5) is 0 Å². The van der Waals surface area contributed by atoms with E-state index in [1.165, 1.54) is 0 Å². The van der Waals surface area contributed by atoms with E-state index in [2.05, 4.69) is 34.6 Å². The Balaban J connectivity index is 1.76. The molecular formula is C28H43N3O5. The molecule has 4 rings (SSSR count). The first kappa shape index (κ1) is 26.9. The maximum Gasteiger partial charge on any atom is 0.249 e. The lowest BCUT2D eigenvalue weighted by molar-refractivity contribution is -0.152. The molecule has 0 bridgehead atoms. The van der Waals surface area contributed by atoms with Crippen molar-refractivity contribution in [1.29, 1.82) is 0 Å². The summed E-state index contributed by atoms with van der Waals surface area (Å²) in [4.78, 5) is 47.1. The van der Waals surface area contributed by atoms with Crippen LogP contribution >= 0.6 is 0 Å². The van der Waals surface area contributed by atoms with Crippen molar-refractivity contribution in [3.05, 3.63) is 24.3 Å². The summed E-state index contributed by atoms with van der Waals surface area (Å²) >= 11 is 0. The Bertz CT molecular complexity index is 951. The molecule has 2 fully saturated rings. The van der Waals surface area contributed by atoms with Gasteiger partial charge in [0.2, 0.25) is 17.7 Å². The number of aliphatic hydroxyl groups excluding tert-OH is 1. The highest BCUT2D eigenvalue weighted by Crippen LogP contribution is 2.54. The fourth-order valence-corrected chi connectivity index (χ4v) is 7.01. The van der Waals surface area contributed by atoms with Gasteiger partial charge < -0.3 is 24.5 Å². The molecule has 0 radical (unpaired) electrons. The minimum atomic E-state index is -1.18. The van der Waals surface area contributed by atoms with Crippen LogP contribution in [0.1, 0.15) is 60.3 Å². The second kappa shape index (κ2) is 9.60. The van der Waals surface area contributed by atoms with Crippen molar-refractivity contribution in [3.63, 3.8) is 0 Å². The van der Waals surface area contributed by atoms with Crippen molar-refractivity contribution in [2.24, 2.45) is 17.3 Å². The highest BCUT2D eigenvalue weighted by molar-refractivity contribution is 6.00. The minimum Gasteiger partial charge on any atom is -0.396 e. The predicted molar refractivity (Wildman–Crippen MR) is 137 cm³/mol. The second-order valence-electron chi connectivity index (χ2n) is 12.7. The first-order valence-corrected chi connectivity index (χ1v) is 13.3. The largest absolute Gasteiger partial charge is 0.396 e. The van der Waals surface area contributed by atoms with Gasteiger partial charge in [-0.25, -0.2) is 0 Å². The number of unbranched alkanes of at least 4 members (excludes halogenated alkanes) is 2. The number of carbonyl (C=O) groups excluding carboxylic acids is 3. The highest BCUT2D eigenvalue weighted by atomic mass is 16.5. The zero-order valence-electron chi connectivity index (χ0n) is 22.7. The molecule has 4 aliphatic heterocycles. The number of likely N-dealkylation sites (tertiary alicyclic amines) is 1. The number of ether oxygens (including phenoxy) is 1. The quantitative estimate of drug-likeness (QED) is 0.427. The van der Waals surface area contributed by atoms with Gasteiger partial charge in [0.25, 0.3) is 0 Å². The first-order valence-electron chi connectivity index (χ1n) is 13.3. The summed E-state index contributed by atoms with van der Waals surface area (Å²) in [5.74, 6) is -1.81. The predicted octanol–water partition coefficient (Wildman–Crippen LogP) is 2.37. The van der Waals surface area contributed by atoms with E-state index in [-0.39, 0.29) is 29.7 Å². The average molecular weight is 502 g/mol. The lowest BCUT2D eigenvalue weighted by Gasteiger charge is -2.44. The van der Waals surface area contributed by atoms with Crippen molar-refractivity contribution in [1.82, 2.24) is 14.7 Å². The van der Waals surface area contributed by atoms with Gasteiger partial charge in [0.1, 0.15) is 11.6 Å². The van der Waals surface area contributed by atoms with Gasteiger partial charge in [-0.2, -0.15) is 0 Å². The van der Waals surface area contributed by atoms with Crippen LogP contribution in [0.15, 0.2) is 24.3 Å². The Morgan fingerprint density at radius 2 is 1.72 bits per heavy atom. The summed E-state index contributed by atoms with van der Waals surface area (Å²) in [6.45, 7) is 12.1. The number of likely N-dealkylation sites (N-methyl/N-ethyl adjacent to an activating group) is 1. The lowest BCUT2D eigenvalue weighted by Crippen LogP contribution is -2.59. The minimum absolute atomic E-state index is 0.00828. The standard InChI is InChI=1S/C28H43N3O5/c1-26(2,3)18-27(4,5)31-16-11-13-28-21(20-19(36-28)12-10-14-29(6)23(20)33)24(34)30(22(28)25(31)35)15-8-7-9-17-32/h10-13,19-22,32H,7-9,14-18H2,1-6H3/t19-,20+,21+,22?,28+/m1/s1. The van der Waals surface area contributed by atoms with Crippen molar-refractivity contribution in [3.8, 4) is 0 Å². The molecule has 3 amide bonds. The zero-order valence-corrected chi connectivity index (χ0v) is 22.7. The van der Waals surface area contributed by atoms with Crippen molar-refractivity contribution >= 4 is 17.7 Å². The van der Waals surface area contributed by atoms with Crippen molar-refractivity contribution in [2.75, 3.05) is 33.3 Å². The molecule has 200 valence electrons. The molecule has 0 saturated carbocycles. The van der Waals surface area contributed by atoms with Gasteiger partial charge in [0.15, 0.2) is 0 Å². The number of fused-ring (bicyclic) bond motifs is 2. The SMILES string of the molecule is CN1CC=C[C@H]2O[C@]34C=CCN(C(C)(C)CC(C)(C)C)C(=O)C3N(CCCCCO)C(=O)[C@@H]4[C@H]2C1=O. The Morgan fingerprint density at radius 3 is 2.39 bits per heavy atom. The molecule has 8 nitrogen and oxygen atoms in total. The van der Waals surface area contributed by atoms with Crippen LogP contribution in [-0.2, 0) is 19.1 Å². The van der Waals surface area contributed by atoms with Gasteiger partial charge >= 0.3 is 0 Å². The van der Waals surface area contributed by atoms with E-state index in [0.717, 1.165) is 12.8 Å². The first-order chi connectivity index (χ1) is 16.8. The van der Waals surface area contributed by atoms with Crippen LogP contribution in [0.25, 0.3) is 0 Å². The van der Waals surface area contributed by atoms with Gasteiger partial charge in [-0.15, -0.1) is 0 Å². The third-order valence-electron chi connectivity index (χ3n) is 8.11. The Labute approximate surface area is 215 Å². The van der Waals surface area contributed by atoms with E-state index in [0.29, 0.717) is 32.5 Å².